The fraction of sp³-hybridized carbons (Fsp3) is 0.0167. The van der Waals surface area contributed by atoms with Gasteiger partial charge in [-0.05, 0) is 74.8 Å². The second-order valence-electron chi connectivity index (χ2n) is 16.6. The van der Waals surface area contributed by atoms with E-state index < -0.39 is 5.41 Å². The van der Waals surface area contributed by atoms with Crippen LogP contribution in [0.15, 0.2) is 237 Å². The molecule has 9 aromatic carbocycles. The van der Waals surface area contributed by atoms with Gasteiger partial charge in [0.15, 0.2) is 0 Å². The van der Waals surface area contributed by atoms with Gasteiger partial charge in [0.05, 0.1) is 28.0 Å². The molecular formula is C60H39N3. The van der Waals surface area contributed by atoms with Crippen LogP contribution in [0.1, 0.15) is 22.3 Å². The van der Waals surface area contributed by atoms with Crippen LogP contribution in [0.5, 0.6) is 0 Å². The van der Waals surface area contributed by atoms with E-state index in [4.69, 9.17) is 5.10 Å². The quantitative estimate of drug-likeness (QED) is 0.167. The first kappa shape index (κ1) is 35.5. The highest BCUT2D eigenvalue weighted by atomic mass is 15.2. The molecule has 0 unspecified atom stereocenters. The van der Waals surface area contributed by atoms with Crippen LogP contribution < -0.4 is 4.90 Å². The lowest BCUT2D eigenvalue weighted by Crippen LogP contribution is -2.26. The van der Waals surface area contributed by atoms with Crippen molar-refractivity contribution in [3.63, 3.8) is 0 Å². The first-order valence-corrected chi connectivity index (χ1v) is 21.7. The summed E-state index contributed by atoms with van der Waals surface area (Å²) in [5.74, 6) is 0. The van der Waals surface area contributed by atoms with Crippen LogP contribution in [-0.4, -0.2) is 9.61 Å². The summed E-state index contributed by atoms with van der Waals surface area (Å²) in [6, 6.07) is 86.3. The zero-order chi connectivity index (χ0) is 41.5. The fourth-order valence-corrected chi connectivity index (χ4v) is 10.9. The number of nitrogens with zero attached hydrogens (tertiary/aromatic N) is 3. The van der Waals surface area contributed by atoms with Crippen molar-refractivity contribution in [2.45, 2.75) is 5.41 Å². The van der Waals surface area contributed by atoms with Gasteiger partial charge in [0, 0.05) is 38.7 Å². The highest BCUT2D eigenvalue weighted by Crippen LogP contribution is 2.64. The zero-order valence-electron chi connectivity index (χ0n) is 34.4. The van der Waals surface area contributed by atoms with Crippen molar-refractivity contribution < 1.29 is 0 Å². The number of hydrogen-bond acceptors (Lipinski definition) is 2. The summed E-state index contributed by atoms with van der Waals surface area (Å²) >= 11 is 0. The Labute approximate surface area is 366 Å². The third-order valence-corrected chi connectivity index (χ3v) is 13.4. The third kappa shape index (κ3) is 5.05. The summed E-state index contributed by atoms with van der Waals surface area (Å²) in [5.41, 5.74) is 20.8. The molecule has 3 nitrogen and oxygen atoms in total. The maximum Gasteiger partial charge on any atom is 0.101 e. The summed E-state index contributed by atoms with van der Waals surface area (Å²) in [4.78, 5) is 2.51. The normalized spacial score (nSPS) is 12.9. The zero-order valence-corrected chi connectivity index (χ0v) is 34.4. The summed E-state index contributed by atoms with van der Waals surface area (Å²) in [6.45, 7) is 0. The van der Waals surface area contributed by atoms with Crippen molar-refractivity contribution in [2.24, 2.45) is 0 Å². The van der Waals surface area contributed by atoms with E-state index >= 15 is 0 Å². The molecule has 0 aliphatic heterocycles. The van der Waals surface area contributed by atoms with E-state index in [2.05, 4.69) is 246 Å². The molecule has 3 heteroatoms. The van der Waals surface area contributed by atoms with Gasteiger partial charge in [0.2, 0.25) is 0 Å². The van der Waals surface area contributed by atoms with Crippen LogP contribution in [0.25, 0.3) is 72.2 Å². The number of anilines is 3. The van der Waals surface area contributed by atoms with Gasteiger partial charge in [-0.3, -0.25) is 0 Å². The standard InChI is InChI=1S/C60H39N3/c1-5-21-40(22-6-1)55-39-48-46(59-56(41-23-7-2-8-24-41)58(61-63(55)59)42-25-9-3-10-26-42)32-19-37-53(48)62(43-27-11-4-12-28-43)54-38-20-36-52-57(54)47-31-15-18-35-51(47)60(52)49-33-16-13-29-44(49)45-30-14-17-34-50(45)60/h1-39H. The number of benzene rings is 9. The molecule has 2 aliphatic rings. The van der Waals surface area contributed by atoms with Gasteiger partial charge in [0.1, 0.15) is 5.69 Å². The molecule has 0 N–H and O–H groups in total. The molecule has 0 radical (unpaired) electrons. The minimum atomic E-state index is -0.459. The molecular weight excluding hydrogens is 763 g/mol. The Bertz CT molecular complexity index is 3510. The van der Waals surface area contributed by atoms with Crippen LogP contribution in [-0.2, 0) is 5.41 Å². The maximum atomic E-state index is 5.53. The molecule has 63 heavy (non-hydrogen) atoms. The summed E-state index contributed by atoms with van der Waals surface area (Å²) in [7, 11) is 0. The smallest absolute Gasteiger partial charge is 0.101 e. The lowest BCUT2D eigenvalue weighted by atomic mass is 9.70. The minimum Gasteiger partial charge on any atom is -0.309 e. The lowest BCUT2D eigenvalue weighted by Gasteiger charge is -2.32. The second-order valence-corrected chi connectivity index (χ2v) is 16.6. The van der Waals surface area contributed by atoms with Crippen LogP contribution >= 0.6 is 0 Å². The largest absolute Gasteiger partial charge is 0.309 e. The molecule has 0 atom stereocenters. The molecule has 2 heterocycles. The molecule has 0 fully saturated rings. The molecule has 2 aliphatic carbocycles. The van der Waals surface area contributed by atoms with Gasteiger partial charge in [-0.25, -0.2) is 4.52 Å². The van der Waals surface area contributed by atoms with E-state index in [-0.39, 0.29) is 0 Å². The van der Waals surface area contributed by atoms with E-state index in [0.29, 0.717) is 0 Å². The predicted molar refractivity (Wildman–Crippen MR) is 260 cm³/mol. The van der Waals surface area contributed by atoms with Crippen LogP contribution in [0.3, 0.4) is 0 Å². The number of hydrogen-bond donors (Lipinski definition) is 0. The number of para-hydroxylation sites is 1. The molecule has 11 aromatic rings. The number of fused-ring (bicyclic) bond motifs is 13. The highest BCUT2D eigenvalue weighted by molar-refractivity contribution is 6.14. The Morgan fingerprint density at radius 1 is 0.365 bits per heavy atom. The molecule has 2 aromatic heterocycles. The highest BCUT2D eigenvalue weighted by Gasteiger charge is 2.52. The second kappa shape index (κ2) is 13.9. The van der Waals surface area contributed by atoms with Gasteiger partial charge >= 0.3 is 0 Å². The van der Waals surface area contributed by atoms with Crippen molar-refractivity contribution in [3.05, 3.63) is 259 Å². The summed E-state index contributed by atoms with van der Waals surface area (Å²) in [5, 5.41) is 7.80. The first-order valence-electron chi connectivity index (χ1n) is 21.7. The van der Waals surface area contributed by atoms with E-state index in [1.165, 1.54) is 44.5 Å². The summed E-state index contributed by atoms with van der Waals surface area (Å²) in [6.07, 6.45) is 0. The van der Waals surface area contributed by atoms with E-state index in [0.717, 1.165) is 67.0 Å². The van der Waals surface area contributed by atoms with Crippen LogP contribution in [0.4, 0.5) is 17.1 Å². The van der Waals surface area contributed by atoms with Crippen molar-refractivity contribution in [1.82, 2.24) is 9.61 Å². The topological polar surface area (TPSA) is 20.5 Å². The summed E-state index contributed by atoms with van der Waals surface area (Å²) < 4.78 is 2.19. The molecule has 0 amide bonds. The SMILES string of the molecule is c1ccc(-c2nn3c(-c4ccccc4)cc4c(N(c5ccccc5)c5cccc6c5-c5ccccc5C65c6ccccc6-c6ccccc65)cccc4c3c2-c2ccccc2)cc1. The van der Waals surface area contributed by atoms with Crippen LogP contribution in [0.2, 0.25) is 0 Å². The molecule has 0 bridgehead atoms. The van der Waals surface area contributed by atoms with Gasteiger partial charge in [-0.1, -0.05) is 206 Å². The molecule has 0 saturated carbocycles. The third-order valence-electron chi connectivity index (χ3n) is 13.4. The minimum absolute atomic E-state index is 0.459. The monoisotopic (exact) mass is 801 g/mol. The van der Waals surface area contributed by atoms with Gasteiger partial charge < -0.3 is 4.90 Å². The fourth-order valence-electron chi connectivity index (χ4n) is 10.9. The molecule has 0 saturated heterocycles. The first-order chi connectivity index (χ1) is 31.3. The average Bonchev–Trinajstić information content (AvgIpc) is 4.01. The van der Waals surface area contributed by atoms with E-state index in [1.54, 1.807) is 0 Å². The van der Waals surface area contributed by atoms with Crippen molar-refractivity contribution in [3.8, 4) is 55.9 Å². The van der Waals surface area contributed by atoms with E-state index in [1.807, 2.05) is 0 Å². The Hall–Kier alpha value is -8.27. The van der Waals surface area contributed by atoms with Crippen LogP contribution in [0, 0.1) is 0 Å². The Morgan fingerprint density at radius 3 is 1.51 bits per heavy atom. The number of pyridine rings is 1. The number of rotatable bonds is 6. The molecule has 294 valence electrons. The van der Waals surface area contributed by atoms with Gasteiger partial charge in [-0.2, -0.15) is 5.10 Å². The maximum absolute atomic E-state index is 5.53. The van der Waals surface area contributed by atoms with E-state index in [9.17, 15) is 0 Å². The Kier molecular flexibility index (Phi) is 7.82. The lowest BCUT2D eigenvalue weighted by molar-refractivity contribution is 0.794. The molecule has 1 spiro atoms. The van der Waals surface area contributed by atoms with Crippen molar-refractivity contribution in [1.29, 1.82) is 0 Å². The van der Waals surface area contributed by atoms with Crippen molar-refractivity contribution in [2.75, 3.05) is 4.90 Å². The van der Waals surface area contributed by atoms with Crippen molar-refractivity contribution >= 4 is 33.4 Å². The molecule has 13 rings (SSSR count). The predicted octanol–water partition coefficient (Wildman–Crippen LogP) is 15.3. The number of aromatic nitrogens is 2. The Morgan fingerprint density at radius 2 is 0.857 bits per heavy atom. The average molecular weight is 802 g/mol. The van der Waals surface area contributed by atoms with Gasteiger partial charge in [0.25, 0.3) is 0 Å². The van der Waals surface area contributed by atoms with Gasteiger partial charge in [-0.15, -0.1) is 0 Å². The Balaban J connectivity index is 1.15.